The Morgan fingerprint density at radius 2 is 1.40 bits per heavy atom. The lowest BCUT2D eigenvalue weighted by atomic mass is 9.91. The van der Waals surface area contributed by atoms with Gasteiger partial charge in [-0.1, -0.05) is 71.7 Å². The summed E-state index contributed by atoms with van der Waals surface area (Å²) in [7, 11) is 0. The van der Waals surface area contributed by atoms with E-state index in [1.807, 2.05) is 67.6 Å². The van der Waals surface area contributed by atoms with Gasteiger partial charge < -0.3 is 0 Å². The number of rotatable bonds is 4. The van der Waals surface area contributed by atoms with Crippen LogP contribution in [-0.4, -0.2) is 6.29 Å². The molecule has 124 valence electrons. The van der Waals surface area contributed by atoms with E-state index in [0.717, 1.165) is 39.7 Å². The van der Waals surface area contributed by atoms with Crippen molar-refractivity contribution >= 4 is 35.1 Å². The highest BCUT2D eigenvalue weighted by molar-refractivity contribution is 6.34. The Kier molecular flexibility index (Phi) is 5.37. The summed E-state index contributed by atoms with van der Waals surface area (Å²) in [5.41, 5.74) is 5.71. The molecule has 0 saturated heterocycles. The van der Waals surface area contributed by atoms with Crippen LogP contribution in [0.3, 0.4) is 0 Å². The lowest BCUT2D eigenvalue weighted by Gasteiger charge is -2.14. The largest absolute Gasteiger partial charge is 0.299 e. The number of benzene rings is 3. The molecule has 0 fully saturated rings. The normalized spacial score (nSPS) is 11.4. The Balaban J connectivity index is 2.26. The first kappa shape index (κ1) is 17.5. The van der Waals surface area contributed by atoms with E-state index in [-0.39, 0.29) is 0 Å². The Hall–Kier alpha value is -2.35. The van der Waals surface area contributed by atoms with Gasteiger partial charge in [0.2, 0.25) is 0 Å². The van der Waals surface area contributed by atoms with E-state index >= 15 is 0 Å². The number of hydrogen-bond acceptors (Lipinski definition) is 1. The fourth-order valence-electron chi connectivity index (χ4n) is 2.85. The average Bonchev–Trinajstić information content (AvgIpc) is 2.62. The molecule has 0 radical (unpaired) electrons. The molecule has 0 unspecified atom stereocenters. The second-order valence-corrected chi connectivity index (χ2v) is 6.52. The first-order valence-corrected chi connectivity index (χ1v) is 8.63. The molecule has 25 heavy (non-hydrogen) atoms. The number of carbonyl (C=O) groups is 1. The van der Waals surface area contributed by atoms with Crippen LogP contribution in [0.4, 0.5) is 0 Å². The number of allylic oxidation sites excluding steroid dienone is 2. The molecule has 0 aliphatic carbocycles. The Labute approximate surface area is 157 Å². The summed E-state index contributed by atoms with van der Waals surface area (Å²) in [5, 5.41) is 1.36. The Morgan fingerprint density at radius 1 is 0.800 bits per heavy atom. The molecular formula is C22H16Cl2O. The fraction of sp³-hybridized carbons (Fsp3) is 0.0455. The SMILES string of the molecule is C/C(=C\C=O)c1ccc(-c2ccccc2Cl)cc1-c1ccccc1Cl. The highest BCUT2D eigenvalue weighted by atomic mass is 35.5. The summed E-state index contributed by atoms with van der Waals surface area (Å²) in [4.78, 5) is 10.9. The van der Waals surface area contributed by atoms with Crippen molar-refractivity contribution in [2.75, 3.05) is 0 Å². The molecule has 3 aromatic carbocycles. The highest BCUT2D eigenvalue weighted by Crippen LogP contribution is 2.37. The van der Waals surface area contributed by atoms with Gasteiger partial charge >= 0.3 is 0 Å². The van der Waals surface area contributed by atoms with Crippen molar-refractivity contribution in [3.05, 3.63) is 88.4 Å². The van der Waals surface area contributed by atoms with Gasteiger partial charge in [-0.25, -0.2) is 0 Å². The van der Waals surface area contributed by atoms with Crippen molar-refractivity contribution in [1.29, 1.82) is 0 Å². The number of halogens is 2. The third-order valence-electron chi connectivity index (χ3n) is 4.11. The molecule has 0 bridgehead atoms. The van der Waals surface area contributed by atoms with E-state index < -0.39 is 0 Å². The maximum absolute atomic E-state index is 10.9. The number of aldehydes is 1. The first-order chi connectivity index (χ1) is 12.1. The second-order valence-electron chi connectivity index (χ2n) is 5.71. The molecule has 0 spiro atoms. The fourth-order valence-corrected chi connectivity index (χ4v) is 3.33. The minimum absolute atomic E-state index is 0.666. The molecule has 3 aromatic rings. The minimum Gasteiger partial charge on any atom is -0.299 e. The second kappa shape index (κ2) is 7.69. The lowest BCUT2D eigenvalue weighted by molar-refractivity contribution is -0.104. The van der Waals surface area contributed by atoms with Crippen molar-refractivity contribution in [3.8, 4) is 22.3 Å². The molecule has 0 heterocycles. The molecule has 3 rings (SSSR count). The minimum atomic E-state index is 0.666. The highest BCUT2D eigenvalue weighted by Gasteiger charge is 2.12. The molecule has 0 aliphatic rings. The van der Waals surface area contributed by atoms with Crippen LogP contribution in [-0.2, 0) is 4.79 Å². The molecule has 0 N–H and O–H groups in total. The summed E-state index contributed by atoms with van der Waals surface area (Å²) >= 11 is 12.8. The van der Waals surface area contributed by atoms with Gasteiger partial charge in [0.05, 0.1) is 0 Å². The maximum Gasteiger partial charge on any atom is 0.143 e. The average molecular weight is 367 g/mol. The standard InChI is InChI=1S/C22H16Cl2O/c1-15(12-13-25)17-11-10-16(18-6-2-4-8-21(18)23)14-20(17)19-7-3-5-9-22(19)24/h2-14H,1H3/b15-12+. The van der Waals surface area contributed by atoms with E-state index in [1.54, 1.807) is 6.08 Å². The predicted molar refractivity (Wildman–Crippen MR) is 107 cm³/mol. The van der Waals surface area contributed by atoms with Crippen molar-refractivity contribution in [3.63, 3.8) is 0 Å². The van der Waals surface area contributed by atoms with Gasteiger partial charge in [-0.05, 0) is 53.5 Å². The van der Waals surface area contributed by atoms with E-state index in [4.69, 9.17) is 23.2 Å². The molecule has 0 aromatic heterocycles. The van der Waals surface area contributed by atoms with E-state index in [2.05, 4.69) is 6.07 Å². The molecule has 0 atom stereocenters. The molecule has 0 saturated carbocycles. The van der Waals surface area contributed by atoms with E-state index in [1.165, 1.54) is 0 Å². The zero-order chi connectivity index (χ0) is 17.8. The van der Waals surface area contributed by atoms with Crippen LogP contribution >= 0.6 is 23.2 Å². The van der Waals surface area contributed by atoms with Gasteiger partial charge in [-0.2, -0.15) is 0 Å². The van der Waals surface area contributed by atoms with Gasteiger partial charge in [-0.15, -0.1) is 0 Å². The molecule has 0 amide bonds. The van der Waals surface area contributed by atoms with Crippen LogP contribution in [0.5, 0.6) is 0 Å². The summed E-state index contributed by atoms with van der Waals surface area (Å²) in [6.45, 7) is 1.92. The molecule has 3 heteroatoms. The Bertz CT molecular complexity index is 958. The van der Waals surface area contributed by atoms with E-state index in [9.17, 15) is 4.79 Å². The smallest absolute Gasteiger partial charge is 0.143 e. The van der Waals surface area contributed by atoms with Crippen molar-refractivity contribution < 1.29 is 4.79 Å². The zero-order valence-electron chi connectivity index (χ0n) is 13.7. The zero-order valence-corrected chi connectivity index (χ0v) is 15.2. The van der Waals surface area contributed by atoms with Gasteiger partial charge in [0.25, 0.3) is 0 Å². The van der Waals surface area contributed by atoms with Crippen LogP contribution < -0.4 is 0 Å². The van der Waals surface area contributed by atoms with Crippen molar-refractivity contribution in [2.45, 2.75) is 6.92 Å². The molecular weight excluding hydrogens is 351 g/mol. The number of hydrogen-bond donors (Lipinski definition) is 0. The topological polar surface area (TPSA) is 17.1 Å². The molecule has 1 nitrogen and oxygen atoms in total. The van der Waals surface area contributed by atoms with Gasteiger partial charge in [0, 0.05) is 21.2 Å². The predicted octanol–water partition coefficient (Wildman–Crippen LogP) is 6.93. The van der Waals surface area contributed by atoms with Crippen LogP contribution in [0.1, 0.15) is 12.5 Å². The monoisotopic (exact) mass is 366 g/mol. The summed E-state index contributed by atoms with van der Waals surface area (Å²) in [5.74, 6) is 0. The lowest BCUT2D eigenvalue weighted by Crippen LogP contribution is -1.91. The Morgan fingerprint density at radius 3 is 2.00 bits per heavy atom. The van der Waals surface area contributed by atoms with Crippen molar-refractivity contribution in [2.24, 2.45) is 0 Å². The van der Waals surface area contributed by atoms with Crippen LogP contribution in [0, 0.1) is 0 Å². The van der Waals surface area contributed by atoms with Crippen LogP contribution in [0.2, 0.25) is 10.0 Å². The van der Waals surface area contributed by atoms with Crippen LogP contribution in [0.15, 0.2) is 72.8 Å². The third-order valence-corrected chi connectivity index (χ3v) is 4.77. The maximum atomic E-state index is 10.9. The van der Waals surface area contributed by atoms with E-state index in [0.29, 0.717) is 10.0 Å². The first-order valence-electron chi connectivity index (χ1n) is 7.88. The summed E-state index contributed by atoms with van der Waals surface area (Å²) in [6.07, 6.45) is 2.36. The number of carbonyl (C=O) groups excluding carboxylic acids is 1. The summed E-state index contributed by atoms with van der Waals surface area (Å²) in [6, 6.07) is 21.5. The summed E-state index contributed by atoms with van der Waals surface area (Å²) < 4.78 is 0. The van der Waals surface area contributed by atoms with Gasteiger partial charge in [-0.3, -0.25) is 4.79 Å². The third kappa shape index (κ3) is 3.68. The van der Waals surface area contributed by atoms with Crippen LogP contribution in [0.25, 0.3) is 27.8 Å². The molecule has 0 aliphatic heterocycles. The quantitative estimate of drug-likeness (QED) is 0.361. The van der Waals surface area contributed by atoms with Crippen molar-refractivity contribution in [1.82, 2.24) is 0 Å². The van der Waals surface area contributed by atoms with Gasteiger partial charge in [0.15, 0.2) is 0 Å². The van der Waals surface area contributed by atoms with Gasteiger partial charge in [0.1, 0.15) is 6.29 Å².